The number of rotatable bonds is 4. The van der Waals surface area contributed by atoms with Gasteiger partial charge in [-0.3, -0.25) is 4.79 Å². The molecule has 1 aromatic carbocycles. The van der Waals surface area contributed by atoms with Crippen molar-refractivity contribution in [2.45, 2.75) is 44.8 Å². The average molecular weight is 278 g/mol. The van der Waals surface area contributed by atoms with Gasteiger partial charge in [-0.1, -0.05) is 0 Å². The number of benzene rings is 1. The zero-order chi connectivity index (χ0) is 14.5. The van der Waals surface area contributed by atoms with Crippen LogP contribution in [0.5, 0.6) is 5.75 Å². The molecule has 1 aliphatic rings. The van der Waals surface area contributed by atoms with E-state index in [0.717, 1.165) is 31.4 Å². The van der Waals surface area contributed by atoms with Crippen LogP contribution >= 0.6 is 0 Å². The first-order valence-corrected chi connectivity index (χ1v) is 6.98. The maximum absolute atomic E-state index is 11.1. The Labute approximate surface area is 119 Å². The third-order valence-electron chi connectivity index (χ3n) is 3.58. The fourth-order valence-electron chi connectivity index (χ4n) is 2.53. The number of anilines is 2. The van der Waals surface area contributed by atoms with Gasteiger partial charge in [-0.05, 0) is 37.8 Å². The summed E-state index contributed by atoms with van der Waals surface area (Å²) in [7, 11) is 1.58. The van der Waals surface area contributed by atoms with Crippen molar-refractivity contribution in [3.8, 4) is 5.75 Å². The number of aliphatic hydroxyl groups excluding tert-OH is 1. The largest absolute Gasteiger partial charge is 0.494 e. The van der Waals surface area contributed by atoms with Crippen molar-refractivity contribution >= 4 is 17.3 Å². The number of carbonyl (C=O) groups is 1. The maximum Gasteiger partial charge on any atom is 0.221 e. The van der Waals surface area contributed by atoms with Gasteiger partial charge in [-0.25, -0.2) is 0 Å². The lowest BCUT2D eigenvalue weighted by Gasteiger charge is -2.27. The Morgan fingerprint density at radius 2 is 2.00 bits per heavy atom. The van der Waals surface area contributed by atoms with Crippen molar-refractivity contribution in [2.75, 3.05) is 17.7 Å². The van der Waals surface area contributed by atoms with Crippen LogP contribution in [0, 0.1) is 0 Å². The van der Waals surface area contributed by atoms with Gasteiger partial charge in [0, 0.05) is 24.7 Å². The summed E-state index contributed by atoms with van der Waals surface area (Å²) in [5.41, 5.74) is 1.64. The average Bonchev–Trinajstić information content (AvgIpc) is 2.42. The number of ether oxygens (including phenoxy) is 1. The molecular weight excluding hydrogens is 256 g/mol. The minimum Gasteiger partial charge on any atom is -0.494 e. The van der Waals surface area contributed by atoms with Gasteiger partial charge in [-0.15, -0.1) is 0 Å². The first-order valence-electron chi connectivity index (χ1n) is 6.98. The standard InChI is InChI=1S/C15H22N2O3/c1-10(18)16-14-8-5-12(9-15(14)20-2)17-11-3-6-13(19)7-4-11/h5,8-9,11,13,17,19H,3-4,6-7H2,1-2H3,(H,16,18). The number of aliphatic hydroxyl groups is 1. The van der Waals surface area contributed by atoms with Crippen molar-refractivity contribution in [2.24, 2.45) is 0 Å². The topological polar surface area (TPSA) is 70.6 Å². The molecule has 0 aromatic heterocycles. The molecule has 0 aliphatic heterocycles. The van der Waals surface area contributed by atoms with Gasteiger partial charge in [0.2, 0.25) is 5.91 Å². The number of nitrogens with one attached hydrogen (secondary N) is 2. The van der Waals surface area contributed by atoms with Crippen LogP contribution in [0.15, 0.2) is 18.2 Å². The van der Waals surface area contributed by atoms with Crippen LogP contribution in [0.3, 0.4) is 0 Å². The molecule has 3 N–H and O–H groups in total. The molecule has 5 heteroatoms. The van der Waals surface area contributed by atoms with Gasteiger partial charge < -0.3 is 20.5 Å². The van der Waals surface area contributed by atoms with Gasteiger partial charge in [0.05, 0.1) is 18.9 Å². The monoisotopic (exact) mass is 278 g/mol. The highest BCUT2D eigenvalue weighted by atomic mass is 16.5. The Morgan fingerprint density at radius 1 is 1.30 bits per heavy atom. The summed E-state index contributed by atoms with van der Waals surface area (Å²) in [6.07, 6.45) is 3.48. The van der Waals surface area contributed by atoms with Gasteiger partial charge in [0.1, 0.15) is 5.75 Å². The van der Waals surface area contributed by atoms with Crippen molar-refractivity contribution in [1.82, 2.24) is 0 Å². The first kappa shape index (κ1) is 14.7. The summed E-state index contributed by atoms with van der Waals surface area (Å²) in [6.45, 7) is 1.47. The molecule has 2 rings (SSSR count). The lowest BCUT2D eigenvalue weighted by molar-refractivity contribution is -0.114. The summed E-state index contributed by atoms with van der Waals surface area (Å²) in [4.78, 5) is 11.1. The van der Waals surface area contributed by atoms with Crippen LogP contribution in [-0.2, 0) is 4.79 Å². The van der Waals surface area contributed by atoms with E-state index in [1.54, 1.807) is 7.11 Å². The third-order valence-corrected chi connectivity index (χ3v) is 3.58. The molecule has 1 aliphatic carbocycles. The lowest BCUT2D eigenvalue weighted by Crippen LogP contribution is -2.28. The van der Waals surface area contributed by atoms with E-state index in [1.807, 2.05) is 18.2 Å². The predicted molar refractivity (Wildman–Crippen MR) is 79.2 cm³/mol. The fraction of sp³-hybridized carbons (Fsp3) is 0.533. The molecule has 20 heavy (non-hydrogen) atoms. The van der Waals surface area contributed by atoms with Crippen LogP contribution in [0.4, 0.5) is 11.4 Å². The summed E-state index contributed by atoms with van der Waals surface area (Å²) >= 11 is 0. The molecule has 0 heterocycles. The second kappa shape index (κ2) is 6.61. The highest BCUT2D eigenvalue weighted by Crippen LogP contribution is 2.30. The summed E-state index contributed by atoms with van der Waals surface area (Å²) in [5.74, 6) is 0.520. The molecule has 1 fully saturated rings. The molecule has 5 nitrogen and oxygen atoms in total. The third kappa shape index (κ3) is 3.87. The summed E-state index contributed by atoms with van der Waals surface area (Å²) in [5, 5.41) is 15.7. The molecule has 110 valence electrons. The van der Waals surface area contributed by atoms with Gasteiger partial charge in [-0.2, -0.15) is 0 Å². The van der Waals surface area contributed by atoms with E-state index in [1.165, 1.54) is 6.92 Å². The molecule has 1 saturated carbocycles. The second-order valence-electron chi connectivity index (χ2n) is 5.25. The summed E-state index contributed by atoms with van der Waals surface area (Å²) in [6, 6.07) is 6.03. The molecule has 1 aromatic rings. The van der Waals surface area contributed by atoms with E-state index < -0.39 is 0 Å². The molecule has 0 spiro atoms. The zero-order valence-corrected chi connectivity index (χ0v) is 12.0. The molecule has 0 unspecified atom stereocenters. The van der Waals surface area contributed by atoms with Crippen LogP contribution in [0.25, 0.3) is 0 Å². The highest BCUT2D eigenvalue weighted by molar-refractivity contribution is 5.90. The molecule has 0 atom stereocenters. The zero-order valence-electron chi connectivity index (χ0n) is 12.0. The number of hydrogen-bond acceptors (Lipinski definition) is 4. The quantitative estimate of drug-likeness (QED) is 0.790. The molecule has 0 saturated heterocycles. The van der Waals surface area contributed by atoms with Gasteiger partial charge in [0.15, 0.2) is 0 Å². The predicted octanol–water partition coefficient (Wildman–Crippen LogP) is 2.37. The minimum absolute atomic E-state index is 0.120. The molecule has 0 radical (unpaired) electrons. The van der Waals surface area contributed by atoms with Gasteiger partial charge in [0.25, 0.3) is 0 Å². The SMILES string of the molecule is COc1cc(NC2CCC(O)CC2)ccc1NC(C)=O. The summed E-state index contributed by atoms with van der Waals surface area (Å²) < 4.78 is 5.30. The minimum atomic E-state index is -0.148. The Kier molecular flexibility index (Phi) is 4.84. The molecule has 1 amide bonds. The van der Waals surface area contributed by atoms with Crippen molar-refractivity contribution < 1.29 is 14.6 Å². The van der Waals surface area contributed by atoms with Crippen molar-refractivity contribution in [3.05, 3.63) is 18.2 Å². The Bertz CT molecular complexity index is 468. The second-order valence-corrected chi connectivity index (χ2v) is 5.25. The normalized spacial score (nSPS) is 22.1. The number of carbonyl (C=O) groups excluding carboxylic acids is 1. The Balaban J connectivity index is 2.03. The van der Waals surface area contributed by atoms with Crippen LogP contribution in [0.2, 0.25) is 0 Å². The maximum atomic E-state index is 11.1. The van der Waals surface area contributed by atoms with Gasteiger partial charge >= 0.3 is 0 Å². The van der Waals surface area contributed by atoms with E-state index in [4.69, 9.17) is 4.74 Å². The smallest absolute Gasteiger partial charge is 0.221 e. The Morgan fingerprint density at radius 3 is 2.60 bits per heavy atom. The van der Waals surface area contributed by atoms with E-state index in [2.05, 4.69) is 10.6 Å². The number of amides is 1. The molecular formula is C15H22N2O3. The van der Waals surface area contributed by atoms with E-state index in [-0.39, 0.29) is 12.0 Å². The highest BCUT2D eigenvalue weighted by Gasteiger charge is 2.19. The van der Waals surface area contributed by atoms with E-state index in [0.29, 0.717) is 17.5 Å². The van der Waals surface area contributed by atoms with Crippen molar-refractivity contribution in [1.29, 1.82) is 0 Å². The lowest BCUT2D eigenvalue weighted by atomic mass is 9.93. The Hall–Kier alpha value is -1.75. The first-order chi connectivity index (χ1) is 9.58. The fourth-order valence-corrected chi connectivity index (χ4v) is 2.53. The van der Waals surface area contributed by atoms with Crippen LogP contribution in [-0.4, -0.2) is 30.3 Å². The molecule has 0 bridgehead atoms. The van der Waals surface area contributed by atoms with Crippen LogP contribution in [0.1, 0.15) is 32.6 Å². The van der Waals surface area contributed by atoms with Crippen LogP contribution < -0.4 is 15.4 Å². The van der Waals surface area contributed by atoms with E-state index >= 15 is 0 Å². The van der Waals surface area contributed by atoms with E-state index in [9.17, 15) is 9.90 Å². The number of methoxy groups -OCH3 is 1. The number of hydrogen-bond donors (Lipinski definition) is 3. The van der Waals surface area contributed by atoms with Crippen molar-refractivity contribution in [3.63, 3.8) is 0 Å².